The van der Waals surface area contributed by atoms with Gasteiger partial charge in [0, 0.05) is 15.6 Å². The van der Waals surface area contributed by atoms with Crippen molar-refractivity contribution in [3.8, 4) is 11.4 Å². The van der Waals surface area contributed by atoms with Gasteiger partial charge in [0.25, 0.3) is 0 Å². The molecule has 3 aromatic carbocycles. The maximum Gasteiger partial charge on any atom is 0.236 e. The van der Waals surface area contributed by atoms with Crippen LogP contribution in [-0.4, -0.2) is 14.4 Å². The molecular formula is C23H11Cl2N3O2. The number of fused-ring (bicyclic) bond motifs is 6. The van der Waals surface area contributed by atoms with Crippen LogP contribution in [0.1, 0.15) is 0 Å². The minimum atomic E-state index is -0.218. The molecule has 0 aliphatic heterocycles. The number of hydrogen-bond donors (Lipinski definition) is 0. The SMILES string of the molecule is O=c1c2cc(Cl)ccc2oc2nc(-c3ccc(Cl)cc3)n3c4ccccc4nc3c12. The molecule has 0 atom stereocenters. The Morgan fingerprint density at radius 3 is 2.47 bits per heavy atom. The highest BCUT2D eigenvalue weighted by Gasteiger charge is 2.20. The summed E-state index contributed by atoms with van der Waals surface area (Å²) >= 11 is 12.2. The first kappa shape index (κ1) is 17.4. The third-order valence-corrected chi connectivity index (χ3v) is 5.63. The molecule has 0 unspecified atom stereocenters. The Morgan fingerprint density at radius 2 is 1.63 bits per heavy atom. The van der Waals surface area contributed by atoms with E-state index in [0.29, 0.717) is 37.9 Å². The van der Waals surface area contributed by atoms with Crippen LogP contribution >= 0.6 is 23.2 Å². The Labute approximate surface area is 179 Å². The van der Waals surface area contributed by atoms with Crippen molar-refractivity contribution >= 4 is 62.0 Å². The third-order valence-electron chi connectivity index (χ3n) is 5.14. The first-order chi connectivity index (χ1) is 14.6. The normalized spacial score (nSPS) is 11.8. The highest BCUT2D eigenvalue weighted by atomic mass is 35.5. The Bertz CT molecular complexity index is 1690. The molecule has 3 heterocycles. The molecule has 0 N–H and O–H groups in total. The van der Waals surface area contributed by atoms with E-state index in [0.717, 1.165) is 16.6 Å². The van der Waals surface area contributed by atoms with Crippen molar-refractivity contribution in [1.82, 2.24) is 14.4 Å². The molecule has 30 heavy (non-hydrogen) atoms. The number of imidazole rings is 1. The summed E-state index contributed by atoms with van der Waals surface area (Å²) in [5.41, 5.74) is 3.35. The van der Waals surface area contributed by atoms with E-state index in [9.17, 15) is 4.79 Å². The molecule has 3 aromatic heterocycles. The summed E-state index contributed by atoms with van der Waals surface area (Å²) in [6.45, 7) is 0. The van der Waals surface area contributed by atoms with Crippen molar-refractivity contribution < 1.29 is 4.42 Å². The smallest absolute Gasteiger partial charge is 0.236 e. The zero-order valence-corrected chi connectivity index (χ0v) is 16.8. The van der Waals surface area contributed by atoms with Crippen LogP contribution in [0.15, 0.2) is 75.9 Å². The number of hydrogen-bond acceptors (Lipinski definition) is 4. The summed E-state index contributed by atoms with van der Waals surface area (Å²) in [7, 11) is 0. The summed E-state index contributed by atoms with van der Waals surface area (Å²) in [6.07, 6.45) is 0. The highest BCUT2D eigenvalue weighted by molar-refractivity contribution is 6.31. The van der Waals surface area contributed by atoms with E-state index in [1.807, 2.05) is 40.8 Å². The van der Waals surface area contributed by atoms with Crippen LogP contribution < -0.4 is 5.43 Å². The lowest BCUT2D eigenvalue weighted by Gasteiger charge is -2.09. The minimum absolute atomic E-state index is 0.218. The lowest BCUT2D eigenvalue weighted by molar-refractivity contribution is 0.644. The maximum atomic E-state index is 13.4. The van der Waals surface area contributed by atoms with Gasteiger partial charge < -0.3 is 4.42 Å². The van der Waals surface area contributed by atoms with Gasteiger partial charge in [0.1, 0.15) is 16.8 Å². The summed E-state index contributed by atoms with van der Waals surface area (Å²) in [6, 6.07) is 20.0. The van der Waals surface area contributed by atoms with E-state index < -0.39 is 0 Å². The van der Waals surface area contributed by atoms with Crippen LogP contribution in [0.25, 0.3) is 50.1 Å². The summed E-state index contributed by atoms with van der Waals surface area (Å²) in [5, 5.41) is 1.80. The molecule has 0 spiro atoms. The average Bonchev–Trinajstić information content (AvgIpc) is 3.14. The monoisotopic (exact) mass is 431 g/mol. The van der Waals surface area contributed by atoms with Crippen LogP contribution in [0.3, 0.4) is 0 Å². The molecule has 0 aliphatic carbocycles. The Kier molecular flexibility index (Phi) is 3.66. The van der Waals surface area contributed by atoms with Gasteiger partial charge in [0.15, 0.2) is 5.65 Å². The predicted molar refractivity (Wildman–Crippen MR) is 119 cm³/mol. The number of para-hydroxylation sites is 2. The quantitative estimate of drug-likeness (QED) is 0.294. The molecule has 6 aromatic rings. The van der Waals surface area contributed by atoms with Gasteiger partial charge >= 0.3 is 0 Å². The fourth-order valence-electron chi connectivity index (χ4n) is 3.78. The fourth-order valence-corrected chi connectivity index (χ4v) is 4.08. The number of benzene rings is 3. The molecule has 0 saturated heterocycles. The van der Waals surface area contributed by atoms with E-state index in [4.69, 9.17) is 37.6 Å². The number of rotatable bonds is 1. The molecule has 6 rings (SSSR count). The molecule has 0 amide bonds. The molecule has 0 bridgehead atoms. The van der Waals surface area contributed by atoms with Gasteiger partial charge in [-0.15, -0.1) is 0 Å². The molecule has 7 heteroatoms. The van der Waals surface area contributed by atoms with Gasteiger partial charge in [-0.25, -0.2) is 4.98 Å². The first-order valence-electron chi connectivity index (χ1n) is 9.19. The maximum absolute atomic E-state index is 13.4. The van der Waals surface area contributed by atoms with Crippen molar-refractivity contribution in [3.63, 3.8) is 0 Å². The van der Waals surface area contributed by atoms with E-state index in [-0.39, 0.29) is 11.1 Å². The molecule has 144 valence electrons. The van der Waals surface area contributed by atoms with Gasteiger partial charge in [-0.2, -0.15) is 4.98 Å². The molecular weight excluding hydrogens is 421 g/mol. The van der Waals surface area contributed by atoms with Crippen molar-refractivity contribution in [2.75, 3.05) is 0 Å². The van der Waals surface area contributed by atoms with E-state index in [1.54, 1.807) is 30.3 Å². The lowest BCUT2D eigenvalue weighted by atomic mass is 10.1. The zero-order valence-electron chi connectivity index (χ0n) is 15.3. The van der Waals surface area contributed by atoms with E-state index >= 15 is 0 Å². The second kappa shape index (κ2) is 6.29. The molecule has 0 saturated carbocycles. The van der Waals surface area contributed by atoms with E-state index in [1.165, 1.54) is 0 Å². The largest absolute Gasteiger partial charge is 0.437 e. The van der Waals surface area contributed by atoms with Crippen molar-refractivity contribution in [2.24, 2.45) is 0 Å². The molecule has 5 nitrogen and oxygen atoms in total. The second-order valence-electron chi connectivity index (χ2n) is 6.95. The number of aromatic nitrogens is 3. The highest BCUT2D eigenvalue weighted by Crippen LogP contribution is 2.30. The van der Waals surface area contributed by atoms with E-state index in [2.05, 4.69) is 0 Å². The minimum Gasteiger partial charge on any atom is -0.437 e. The Hall–Kier alpha value is -3.41. The standard InChI is InChI=1S/C23H11Cl2N3O2/c24-13-7-5-12(6-8-13)21-27-23-19(20(29)15-11-14(25)9-10-18(15)30-23)22-26-16-3-1-2-4-17(16)28(21)22/h1-11H. The van der Waals surface area contributed by atoms with Gasteiger partial charge in [-0.3, -0.25) is 9.20 Å². The molecule has 0 fully saturated rings. The number of nitrogens with zero attached hydrogens (tertiary/aromatic N) is 3. The van der Waals surface area contributed by atoms with Gasteiger partial charge in [0.2, 0.25) is 11.1 Å². The van der Waals surface area contributed by atoms with Gasteiger partial charge in [0.05, 0.1) is 16.4 Å². The summed E-state index contributed by atoms with van der Waals surface area (Å²) in [4.78, 5) is 22.9. The zero-order chi connectivity index (χ0) is 20.4. The number of halogens is 2. The first-order valence-corrected chi connectivity index (χ1v) is 9.95. The van der Waals surface area contributed by atoms with Crippen molar-refractivity contribution in [2.45, 2.75) is 0 Å². The third kappa shape index (κ3) is 2.46. The van der Waals surface area contributed by atoms with Crippen LogP contribution in [0.2, 0.25) is 10.0 Å². The average molecular weight is 432 g/mol. The van der Waals surface area contributed by atoms with Gasteiger partial charge in [-0.1, -0.05) is 35.3 Å². The summed E-state index contributed by atoms with van der Waals surface area (Å²) in [5.74, 6) is 0.610. The van der Waals surface area contributed by atoms with Crippen LogP contribution in [-0.2, 0) is 0 Å². The Morgan fingerprint density at radius 1 is 0.867 bits per heavy atom. The predicted octanol–water partition coefficient (Wildman–Crippen LogP) is 6.12. The fraction of sp³-hybridized carbons (Fsp3) is 0. The van der Waals surface area contributed by atoms with Crippen molar-refractivity contribution in [3.05, 3.63) is 87.0 Å². The lowest BCUT2D eigenvalue weighted by Crippen LogP contribution is -2.08. The van der Waals surface area contributed by atoms with Crippen LogP contribution in [0.5, 0.6) is 0 Å². The van der Waals surface area contributed by atoms with Crippen LogP contribution in [0.4, 0.5) is 0 Å². The molecule has 0 aliphatic rings. The Balaban J connectivity index is 1.88. The summed E-state index contributed by atoms with van der Waals surface area (Å²) < 4.78 is 7.91. The van der Waals surface area contributed by atoms with Gasteiger partial charge in [-0.05, 0) is 54.6 Å². The van der Waals surface area contributed by atoms with Crippen LogP contribution in [0, 0.1) is 0 Å². The van der Waals surface area contributed by atoms with Crippen molar-refractivity contribution in [1.29, 1.82) is 0 Å². The topological polar surface area (TPSA) is 60.4 Å². The molecule has 0 radical (unpaired) electrons. The second-order valence-corrected chi connectivity index (χ2v) is 7.83.